The van der Waals surface area contributed by atoms with E-state index in [4.69, 9.17) is 4.42 Å². The summed E-state index contributed by atoms with van der Waals surface area (Å²) in [6.07, 6.45) is 1.53. The third kappa shape index (κ3) is 2.30. The van der Waals surface area contributed by atoms with Crippen molar-refractivity contribution in [1.82, 2.24) is 0 Å². The number of para-hydroxylation sites is 2. The van der Waals surface area contributed by atoms with Crippen LogP contribution in [0.5, 0.6) is 11.5 Å². The third-order valence-electron chi connectivity index (χ3n) is 3.76. The Hall–Kier alpha value is -3.27. The first-order chi connectivity index (χ1) is 11.2. The zero-order chi connectivity index (χ0) is 15.8. The van der Waals surface area contributed by atoms with Crippen LogP contribution in [0, 0.1) is 0 Å². The molecule has 0 spiro atoms. The number of nitrogens with zero attached hydrogens (tertiary/aromatic N) is 1. The van der Waals surface area contributed by atoms with Crippen molar-refractivity contribution in [3.63, 3.8) is 0 Å². The van der Waals surface area contributed by atoms with Gasteiger partial charge < -0.3 is 14.6 Å². The summed E-state index contributed by atoms with van der Waals surface area (Å²) in [5.41, 5.74) is 2.86. The number of furan rings is 1. The normalized spacial score (nSPS) is 11.7. The van der Waals surface area contributed by atoms with Crippen molar-refractivity contribution in [2.24, 2.45) is 4.99 Å². The molecule has 1 heterocycles. The second kappa shape index (κ2) is 5.18. The first-order valence-corrected chi connectivity index (χ1v) is 7.19. The van der Waals surface area contributed by atoms with E-state index in [-0.39, 0.29) is 11.5 Å². The van der Waals surface area contributed by atoms with Crippen molar-refractivity contribution in [3.8, 4) is 11.5 Å². The highest BCUT2D eigenvalue weighted by Crippen LogP contribution is 2.32. The molecule has 0 bridgehead atoms. The number of fused-ring (bicyclic) bond motifs is 3. The number of rotatable bonds is 2. The molecule has 4 nitrogen and oxygen atoms in total. The molecular weight excluding hydrogens is 290 g/mol. The maximum Gasteiger partial charge on any atom is 0.166 e. The minimum Gasteiger partial charge on any atom is -0.504 e. The van der Waals surface area contributed by atoms with E-state index in [1.165, 1.54) is 12.3 Å². The summed E-state index contributed by atoms with van der Waals surface area (Å²) >= 11 is 0. The first kappa shape index (κ1) is 13.4. The van der Waals surface area contributed by atoms with Gasteiger partial charge in [-0.25, -0.2) is 0 Å². The lowest BCUT2D eigenvalue weighted by Gasteiger charge is -2.00. The molecule has 0 fully saturated rings. The molecule has 23 heavy (non-hydrogen) atoms. The summed E-state index contributed by atoms with van der Waals surface area (Å²) < 4.78 is 5.78. The monoisotopic (exact) mass is 303 g/mol. The predicted molar refractivity (Wildman–Crippen MR) is 90.7 cm³/mol. The molecule has 0 saturated carbocycles. The molecule has 3 aromatic carbocycles. The van der Waals surface area contributed by atoms with Gasteiger partial charge in [-0.05, 0) is 36.4 Å². The van der Waals surface area contributed by atoms with E-state index in [0.717, 1.165) is 27.6 Å². The van der Waals surface area contributed by atoms with Crippen LogP contribution >= 0.6 is 0 Å². The van der Waals surface area contributed by atoms with E-state index in [1.807, 2.05) is 42.5 Å². The minimum absolute atomic E-state index is 0.162. The molecule has 0 aliphatic heterocycles. The molecule has 2 N–H and O–H groups in total. The van der Waals surface area contributed by atoms with Gasteiger partial charge in [0.05, 0.1) is 5.69 Å². The fourth-order valence-corrected chi connectivity index (χ4v) is 2.59. The van der Waals surface area contributed by atoms with E-state index < -0.39 is 0 Å². The Morgan fingerprint density at radius 3 is 2.57 bits per heavy atom. The highest BCUT2D eigenvalue weighted by atomic mass is 16.3. The third-order valence-corrected chi connectivity index (χ3v) is 3.76. The quantitative estimate of drug-likeness (QED) is 0.415. The van der Waals surface area contributed by atoms with Crippen LogP contribution in [-0.4, -0.2) is 16.4 Å². The van der Waals surface area contributed by atoms with Gasteiger partial charge in [0.15, 0.2) is 11.5 Å². The highest BCUT2D eigenvalue weighted by molar-refractivity contribution is 6.06. The Kier molecular flexibility index (Phi) is 3.01. The molecule has 1 aromatic heterocycles. The topological polar surface area (TPSA) is 66.0 Å². The average molecular weight is 303 g/mol. The zero-order valence-corrected chi connectivity index (χ0v) is 12.1. The second-order valence-electron chi connectivity index (χ2n) is 5.25. The Morgan fingerprint density at radius 1 is 0.826 bits per heavy atom. The van der Waals surface area contributed by atoms with Gasteiger partial charge in [0, 0.05) is 22.6 Å². The lowest BCUT2D eigenvalue weighted by molar-refractivity contribution is 0.403. The Labute approximate surface area is 131 Å². The van der Waals surface area contributed by atoms with Crippen molar-refractivity contribution >= 4 is 33.8 Å². The minimum atomic E-state index is -0.175. The van der Waals surface area contributed by atoms with Gasteiger partial charge in [0.1, 0.15) is 11.2 Å². The highest BCUT2D eigenvalue weighted by Gasteiger charge is 2.07. The smallest absolute Gasteiger partial charge is 0.166 e. The van der Waals surface area contributed by atoms with Gasteiger partial charge in [0.2, 0.25) is 0 Å². The number of hydrogen-bond donors (Lipinski definition) is 2. The van der Waals surface area contributed by atoms with E-state index in [0.29, 0.717) is 5.56 Å². The molecule has 4 rings (SSSR count). The zero-order valence-electron chi connectivity index (χ0n) is 12.1. The molecule has 0 amide bonds. The maximum absolute atomic E-state index is 9.80. The van der Waals surface area contributed by atoms with Crippen molar-refractivity contribution in [2.45, 2.75) is 0 Å². The van der Waals surface area contributed by atoms with E-state index >= 15 is 0 Å². The molecular formula is C19H13NO3. The summed E-state index contributed by atoms with van der Waals surface area (Å²) in [4.78, 5) is 4.38. The van der Waals surface area contributed by atoms with Crippen LogP contribution in [-0.2, 0) is 0 Å². The number of phenolic OH excluding ortho intramolecular Hbond substituents is 2. The Morgan fingerprint density at radius 2 is 1.65 bits per heavy atom. The fourth-order valence-electron chi connectivity index (χ4n) is 2.59. The molecule has 0 radical (unpaired) electrons. The van der Waals surface area contributed by atoms with Crippen molar-refractivity contribution in [3.05, 3.63) is 66.2 Å². The molecule has 0 unspecified atom stereocenters. The SMILES string of the molecule is Oc1cccc(C=Nc2ccc3oc4ccccc4c3c2)c1O. The van der Waals surface area contributed by atoms with Crippen LogP contribution in [0.2, 0.25) is 0 Å². The van der Waals surface area contributed by atoms with E-state index in [1.54, 1.807) is 12.1 Å². The molecule has 0 saturated heterocycles. The molecule has 0 atom stereocenters. The summed E-state index contributed by atoms with van der Waals surface area (Å²) in [7, 11) is 0. The second-order valence-corrected chi connectivity index (χ2v) is 5.25. The Bertz CT molecular complexity index is 1050. The van der Waals surface area contributed by atoms with Crippen LogP contribution in [0.4, 0.5) is 5.69 Å². The van der Waals surface area contributed by atoms with E-state index in [2.05, 4.69) is 4.99 Å². The summed E-state index contributed by atoms with van der Waals surface area (Å²) in [5, 5.41) is 21.3. The number of aliphatic imine (C=N–C) groups is 1. The van der Waals surface area contributed by atoms with Crippen LogP contribution < -0.4 is 0 Å². The van der Waals surface area contributed by atoms with Crippen molar-refractivity contribution in [1.29, 1.82) is 0 Å². The molecule has 112 valence electrons. The van der Waals surface area contributed by atoms with Crippen molar-refractivity contribution in [2.75, 3.05) is 0 Å². The van der Waals surface area contributed by atoms with Gasteiger partial charge in [0.25, 0.3) is 0 Å². The molecule has 4 aromatic rings. The van der Waals surface area contributed by atoms with Gasteiger partial charge in [-0.3, -0.25) is 4.99 Å². The number of aromatic hydroxyl groups is 2. The molecule has 0 aliphatic carbocycles. The lowest BCUT2D eigenvalue weighted by atomic mass is 10.1. The first-order valence-electron chi connectivity index (χ1n) is 7.19. The van der Waals surface area contributed by atoms with Gasteiger partial charge in [-0.1, -0.05) is 24.3 Å². The maximum atomic E-state index is 9.80. The van der Waals surface area contributed by atoms with Crippen LogP contribution in [0.25, 0.3) is 21.9 Å². The van der Waals surface area contributed by atoms with Crippen molar-refractivity contribution < 1.29 is 14.6 Å². The van der Waals surface area contributed by atoms with Gasteiger partial charge in [-0.2, -0.15) is 0 Å². The predicted octanol–water partition coefficient (Wildman–Crippen LogP) is 4.75. The summed E-state index contributed by atoms with van der Waals surface area (Å²) in [5.74, 6) is -0.337. The van der Waals surface area contributed by atoms with Crippen LogP contribution in [0.15, 0.2) is 70.1 Å². The van der Waals surface area contributed by atoms with Gasteiger partial charge in [-0.15, -0.1) is 0 Å². The summed E-state index contributed by atoms with van der Waals surface area (Å²) in [6, 6.07) is 18.3. The molecule has 0 aliphatic rings. The lowest BCUT2D eigenvalue weighted by Crippen LogP contribution is -1.82. The van der Waals surface area contributed by atoms with Crippen LogP contribution in [0.3, 0.4) is 0 Å². The number of benzene rings is 3. The Balaban J connectivity index is 1.78. The number of hydrogen-bond acceptors (Lipinski definition) is 4. The van der Waals surface area contributed by atoms with Gasteiger partial charge >= 0.3 is 0 Å². The average Bonchev–Trinajstić information content (AvgIpc) is 2.94. The largest absolute Gasteiger partial charge is 0.504 e. The molecule has 4 heteroatoms. The summed E-state index contributed by atoms with van der Waals surface area (Å²) in [6.45, 7) is 0. The van der Waals surface area contributed by atoms with Crippen LogP contribution in [0.1, 0.15) is 5.56 Å². The standard InChI is InChI=1S/C19H13NO3/c21-16-6-3-4-12(19(16)22)11-20-13-8-9-18-15(10-13)14-5-1-2-7-17(14)23-18/h1-11,21-22H. The van der Waals surface area contributed by atoms with E-state index in [9.17, 15) is 10.2 Å². The fraction of sp³-hybridized carbons (Fsp3) is 0. The number of phenols is 2.